The molecule has 2 unspecified atom stereocenters. The monoisotopic (exact) mass is 1010 g/mol. The van der Waals surface area contributed by atoms with Gasteiger partial charge >= 0.3 is 0 Å². The second-order valence-electron chi connectivity index (χ2n) is 17.5. The number of hydrogen-bond donors (Lipinski definition) is 2. The second kappa shape index (κ2) is 22.8. The highest BCUT2D eigenvalue weighted by atomic mass is 35.5. The number of aromatic nitrogens is 4. The summed E-state index contributed by atoms with van der Waals surface area (Å²) in [6.45, 7) is 4.51. The van der Waals surface area contributed by atoms with Crippen LogP contribution in [0.15, 0.2) is 179 Å². The Morgan fingerprint density at radius 2 is 1.10 bits per heavy atom. The number of benzene rings is 5. The third kappa shape index (κ3) is 11.7. The predicted octanol–water partition coefficient (Wildman–Crippen LogP) is 10.9. The molecule has 12 nitrogen and oxygen atoms in total. The third-order valence-corrected chi connectivity index (χ3v) is 18.2. The number of nitrogens with one attached hydrogen (secondary N) is 2. The molecule has 8 aromatic rings. The molecule has 0 saturated heterocycles. The summed E-state index contributed by atoms with van der Waals surface area (Å²) >= 11 is 7.49. The molecule has 2 N–H and O–H groups in total. The molecule has 0 aliphatic carbocycles. The predicted molar refractivity (Wildman–Crippen MR) is 282 cm³/mol. The van der Waals surface area contributed by atoms with Gasteiger partial charge in [-0.05, 0) is 96.1 Å². The van der Waals surface area contributed by atoms with Crippen LogP contribution in [0.4, 0.5) is 11.4 Å². The van der Waals surface area contributed by atoms with E-state index in [1.807, 2.05) is 97.5 Å². The summed E-state index contributed by atoms with van der Waals surface area (Å²) in [7, 11) is -7.36. The Labute approximate surface area is 421 Å². The number of halogens is 1. The second-order valence-corrected chi connectivity index (χ2v) is 22.9. The van der Waals surface area contributed by atoms with Crippen molar-refractivity contribution in [1.29, 1.82) is 0 Å². The van der Waals surface area contributed by atoms with Crippen LogP contribution in [0.2, 0.25) is 5.02 Å². The van der Waals surface area contributed by atoms with E-state index in [2.05, 4.69) is 66.1 Å². The number of hydrogen-bond acceptors (Lipinski definition) is 9. The molecule has 0 fully saturated rings. The molecule has 3 aromatic heterocycles. The van der Waals surface area contributed by atoms with Gasteiger partial charge in [0.25, 0.3) is 10.0 Å². The van der Waals surface area contributed by atoms with Crippen molar-refractivity contribution >= 4 is 54.4 Å². The first-order chi connectivity index (χ1) is 33.5. The van der Waals surface area contributed by atoms with Crippen molar-refractivity contribution < 1.29 is 16.8 Å². The maximum Gasteiger partial charge on any atom is 0.252 e. The van der Waals surface area contributed by atoms with Gasteiger partial charge in [-0.15, -0.1) is 11.3 Å². The SMILES string of the molecule is C.Cc1ccc(Cl)cc1S(=O)(=O)N1Cc2ccccc2N(Cc2cnc[nH]2)C(CCc2ccccc2)C1.O=S(=O)(c1cccs1)N1Cc2ccccc2N(Cc2cnc[nH]2)C(CCc2ccccc2)C1. The van der Waals surface area contributed by atoms with Gasteiger partial charge in [0.1, 0.15) is 4.21 Å². The fourth-order valence-electron chi connectivity index (χ4n) is 9.30. The molecule has 0 radical (unpaired) electrons. The van der Waals surface area contributed by atoms with E-state index in [9.17, 15) is 16.8 Å². The largest absolute Gasteiger partial charge is 0.361 e. The molecular formula is C54H59ClN8O4S3. The minimum atomic E-state index is -3.78. The Morgan fingerprint density at radius 1 is 0.614 bits per heavy atom. The number of para-hydroxylation sites is 2. The normalized spacial score (nSPS) is 16.5. The molecule has 70 heavy (non-hydrogen) atoms. The van der Waals surface area contributed by atoms with Gasteiger partial charge in [-0.25, -0.2) is 26.8 Å². The maximum atomic E-state index is 14.0. The van der Waals surface area contributed by atoms with Gasteiger partial charge in [0.15, 0.2) is 0 Å². The number of thiophene rings is 1. The molecule has 0 saturated carbocycles. The molecule has 0 amide bonds. The molecule has 2 atom stereocenters. The molecule has 5 heterocycles. The van der Waals surface area contributed by atoms with Gasteiger partial charge < -0.3 is 19.8 Å². The summed E-state index contributed by atoms with van der Waals surface area (Å²) in [5.74, 6) is 0. The van der Waals surface area contributed by atoms with Gasteiger partial charge in [0.05, 0.1) is 42.0 Å². The number of imidazole rings is 2. The standard InChI is InChI=1S/C28H29ClN4O2S.C25H26N4O2S2.CH4/c1-21-11-13-24(29)15-28(21)36(34,35)32-17-23-9-5-6-10-27(23)33(18-25-16-30-20-31-25)26(19-32)14-12-22-7-3-2-4-8-22;30-33(31,25-11-6-14-32-25)28-16-21-9-4-5-10-24(21)29(17-22-15-26-19-27-22)23(18-28)13-12-20-7-2-1-3-8-20;/h2-11,13,15-16,20,26H,12,14,17-19H2,1H3,(H,30,31);1-11,14-15,19,23H,12-13,16-18H2,(H,26,27);1H4. The van der Waals surface area contributed by atoms with E-state index < -0.39 is 20.0 Å². The van der Waals surface area contributed by atoms with E-state index in [0.717, 1.165) is 59.6 Å². The first-order valence-electron chi connectivity index (χ1n) is 23.0. The number of rotatable bonds is 14. The average Bonchev–Trinajstić information content (AvgIpc) is 4.18. The van der Waals surface area contributed by atoms with Crippen molar-refractivity contribution in [1.82, 2.24) is 28.5 Å². The minimum Gasteiger partial charge on any atom is -0.361 e. The van der Waals surface area contributed by atoms with E-state index in [4.69, 9.17) is 11.6 Å². The summed E-state index contributed by atoms with van der Waals surface area (Å²) in [6, 6.07) is 45.4. The highest BCUT2D eigenvalue weighted by Gasteiger charge is 2.37. The van der Waals surface area contributed by atoms with Gasteiger partial charge in [-0.3, -0.25) is 0 Å². The fraction of sp³-hybridized carbons (Fsp3) is 0.259. The number of nitrogens with zero attached hydrogens (tertiary/aromatic N) is 6. The summed E-state index contributed by atoms with van der Waals surface area (Å²) < 4.78 is 58.8. The Bertz CT molecular complexity index is 3120. The lowest BCUT2D eigenvalue weighted by Gasteiger charge is -2.34. The fourth-order valence-corrected chi connectivity index (χ4v) is 13.8. The van der Waals surface area contributed by atoms with Crippen LogP contribution in [0, 0.1) is 6.92 Å². The Hall–Kier alpha value is -6.07. The van der Waals surface area contributed by atoms with Crippen LogP contribution < -0.4 is 9.80 Å². The van der Waals surface area contributed by atoms with E-state index in [1.54, 1.807) is 51.6 Å². The summed E-state index contributed by atoms with van der Waals surface area (Å²) in [5, 5.41) is 2.23. The molecule has 0 spiro atoms. The molecule has 364 valence electrons. The lowest BCUT2D eigenvalue weighted by molar-refractivity contribution is 0.370. The van der Waals surface area contributed by atoms with Crippen molar-refractivity contribution in [3.8, 4) is 0 Å². The van der Waals surface area contributed by atoms with Crippen molar-refractivity contribution in [3.63, 3.8) is 0 Å². The Kier molecular flexibility index (Phi) is 16.4. The van der Waals surface area contributed by atoms with Crippen LogP contribution in [0.25, 0.3) is 0 Å². The average molecular weight is 1020 g/mol. The number of aromatic amines is 2. The number of H-pyrrole nitrogens is 2. The van der Waals surface area contributed by atoms with Gasteiger partial charge in [0.2, 0.25) is 10.0 Å². The molecule has 0 bridgehead atoms. The van der Waals surface area contributed by atoms with Crippen molar-refractivity contribution in [2.75, 3.05) is 22.9 Å². The highest BCUT2D eigenvalue weighted by molar-refractivity contribution is 7.91. The summed E-state index contributed by atoms with van der Waals surface area (Å²) in [4.78, 5) is 19.7. The van der Waals surface area contributed by atoms with Crippen molar-refractivity contribution in [2.45, 2.75) is 87.4 Å². The molecule has 16 heteroatoms. The zero-order valence-electron chi connectivity index (χ0n) is 38.3. The maximum absolute atomic E-state index is 14.0. The first kappa shape index (κ1) is 50.3. The van der Waals surface area contributed by atoms with Gasteiger partial charge in [0, 0.05) is 67.1 Å². The van der Waals surface area contributed by atoms with Crippen LogP contribution in [-0.4, -0.2) is 70.6 Å². The topological polar surface area (TPSA) is 139 Å². The highest BCUT2D eigenvalue weighted by Crippen LogP contribution is 2.36. The van der Waals surface area contributed by atoms with E-state index in [0.29, 0.717) is 54.1 Å². The first-order valence-corrected chi connectivity index (χ1v) is 27.2. The Balaban J connectivity index is 0.000000186. The summed E-state index contributed by atoms with van der Waals surface area (Å²) in [6.07, 6.45) is 10.4. The zero-order chi connectivity index (χ0) is 47.8. The van der Waals surface area contributed by atoms with Crippen molar-refractivity contribution in [2.24, 2.45) is 0 Å². The quantitative estimate of drug-likeness (QED) is 0.110. The van der Waals surface area contributed by atoms with E-state index in [1.165, 1.54) is 22.5 Å². The number of aryl methyl sites for hydroxylation is 3. The van der Waals surface area contributed by atoms with Gasteiger partial charge in [-0.2, -0.15) is 8.61 Å². The lowest BCUT2D eigenvalue weighted by atomic mass is 10.0. The molecule has 10 rings (SSSR count). The van der Waals surface area contributed by atoms with Crippen LogP contribution >= 0.6 is 22.9 Å². The van der Waals surface area contributed by atoms with Gasteiger partial charge in [-0.1, -0.05) is 128 Å². The Morgan fingerprint density at radius 3 is 1.57 bits per heavy atom. The van der Waals surface area contributed by atoms with Crippen LogP contribution in [-0.2, 0) is 59.1 Å². The zero-order valence-corrected chi connectivity index (χ0v) is 41.5. The van der Waals surface area contributed by atoms with Crippen molar-refractivity contribution in [3.05, 3.63) is 214 Å². The summed E-state index contributed by atoms with van der Waals surface area (Å²) in [5.41, 5.74) is 9.27. The smallest absolute Gasteiger partial charge is 0.252 e. The van der Waals surface area contributed by atoms with Crippen LogP contribution in [0.5, 0.6) is 0 Å². The van der Waals surface area contributed by atoms with E-state index >= 15 is 0 Å². The number of fused-ring (bicyclic) bond motifs is 2. The number of sulfonamides is 2. The van der Waals surface area contributed by atoms with Crippen LogP contribution in [0.1, 0.15) is 59.5 Å². The minimum absolute atomic E-state index is 0. The van der Waals surface area contributed by atoms with E-state index in [-0.39, 0.29) is 24.4 Å². The molecule has 5 aromatic carbocycles. The molecular weight excluding hydrogens is 956 g/mol. The number of anilines is 2. The van der Waals surface area contributed by atoms with Crippen LogP contribution in [0.3, 0.4) is 0 Å². The molecule has 2 aliphatic rings. The third-order valence-electron chi connectivity index (χ3n) is 12.9. The lowest BCUT2D eigenvalue weighted by Crippen LogP contribution is -2.43. The molecule has 2 aliphatic heterocycles.